The lowest BCUT2D eigenvalue weighted by Crippen LogP contribution is -2.17. The van der Waals surface area contributed by atoms with Gasteiger partial charge in [0, 0.05) is 13.0 Å². The molecule has 0 spiro atoms. The van der Waals surface area contributed by atoms with Gasteiger partial charge in [0.15, 0.2) is 0 Å². The summed E-state index contributed by atoms with van der Waals surface area (Å²) in [6.07, 6.45) is 0.144. The molecular weight excluding hydrogens is 207 g/mol. The largest absolute Gasteiger partial charge is 0.330 e. The van der Waals surface area contributed by atoms with Crippen LogP contribution in [0.2, 0.25) is 5.02 Å². The van der Waals surface area contributed by atoms with Gasteiger partial charge in [-0.1, -0.05) is 17.7 Å². The Kier molecular flexibility index (Phi) is 3.85. The number of hydrogen-bond acceptors (Lipinski definition) is 2. The van der Waals surface area contributed by atoms with Crippen molar-refractivity contribution < 1.29 is 9.18 Å². The molecule has 1 amide bonds. The summed E-state index contributed by atoms with van der Waals surface area (Å²) in [5.74, 6) is -0.901. The van der Waals surface area contributed by atoms with E-state index >= 15 is 0 Å². The van der Waals surface area contributed by atoms with Gasteiger partial charge in [0.05, 0.1) is 10.7 Å². The smallest absolute Gasteiger partial charge is 0.225 e. The van der Waals surface area contributed by atoms with Gasteiger partial charge in [0.25, 0.3) is 0 Å². The Labute approximate surface area is 86.0 Å². The second kappa shape index (κ2) is 4.93. The number of anilines is 1. The van der Waals surface area contributed by atoms with Gasteiger partial charge in [-0.15, -0.1) is 0 Å². The highest BCUT2D eigenvalue weighted by Crippen LogP contribution is 2.24. The second-order valence-electron chi connectivity index (χ2n) is 2.68. The highest BCUT2D eigenvalue weighted by Gasteiger charge is 2.09. The van der Waals surface area contributed by atoms with Crippen LogP contribution in [-0.2, 0) is 4.79 Å². The minimum Gasteiger partial charge on any atom is -0.330 e. The first-order chi connectivity index (χ1) is 6.65. The summed E-state index contributed by atoms with van der Waals surface area (Å²) in [5, 5.41) is 2.53. The highest BCUT2D eigenvalue weighted by molar-refractivity contribution is 6.33. The fourth-order valence-corrected chi connectivity index (χ4v) is 1.16. The third kappa shape index (κ3) is 2.68. The van der Waals surface area contributed by atoms with E-state index in [1.807, 2.05) is 0 Å². The molecule has 0 atom stereocenters. The van der Waals surface area contributed by atoms with Crippen LogP contribution in [0.5, 0.6) is 0 Å². The predicted molar refractivity (Wildman–Crippen MR) is 53.7 cm³/mol. The van der Waals surface area contributed by atoms with E-state index < -0.39 is 5.82 Å². The van der Waals surface area contributed by atoms with Crippen LogP contribution in [0.1, 0.15) is 6.42 Å². The number of benzene rings is 1. The van der Waals surface area contributed by atoms with E-state index in [-0.39, 0.29) is 29.6 Å². The average Bonchev–Trinajstić information content (AvgIpc) is 2.12. The van der Waals surface area contributed by atoms with Crippen LogP contribution in [0.25, 0.3) is 0 Å². The van der Waals surface area contributed by atoms with E-state index in [2.05, 4.69) is 5.32 Å². The number of nitrogens with one attached hydrogen (secondary N) is 1. The van der Waals surface area contributed by atoms with Crippen molar-refractivity contribution >= 4 is 23.2 Å². The van der Waals surface area contributed by atoms with E-state index in [9.17, 15) is 9.18 Å². The van der Waals surface area contributed by atoms with Crippen LogP contribution in [0.15, 0.2) is 18.2 Å². The molecule has 0 aliphatic rings. The van der Waals surface area contributed by atoms with E-state index in [0.29, 0.717) is 0 Å². The minimum atomic E-state index is -0.553. The maximum absolute atomic E-state index is 13.1. The maximum Gasteiger partial charge on any atom is 0.225 e. The van der Waals surface area contributed by atoms with E-state index in [4.69, 9.17) is 17.3 Å². The van der Waals surface area contributed by atoms with Crippen LogP contribution in [0.3, 0.4) is 0 Å². The van der Waals surface area contributed by atoms with Crippen molar-refractivity contribution in [2.45, 2.75) is 6.42 Å². The number of amides is 1. The zero-order chi connectivity index (χ0) is 10.6. The van der Waals surface area contributed by atoms with E-state index in [0.717, 1.165) is 0 Å². The molecule has 3 nitrogen and oxygen atoms in total. The molecule has 1 aromatic rings. The van der Waals surface area contributed by atoms with E-state index in [1.165, 1.54) is 18.2 Å². The molecule has 1 aromatic carbocycles. The second-order valence-corrected chi connectivity index (χ2v) is 3.09. The van der Waals surface area contributed by atoms with Gasteiger partial charge in [0.1, 0.15) is 5.82 Å². The molecule has 0 bridgehead atoms. The van der Waals surface area contributed by atoms with Crippen molar-refractivity contribution in [3.63, 3.8) is 0 Å². The third-order valence-electron chi connectivity index (χ3n) is 1.60. The Balaban J connectivity index is 2.80. The standard InChI is InChI=1S/C9H10ClFN2O/c10-6-2-1-3-7(11)9(6)13-8(14)4-5-12/h1-3H,4-5,12H2,(H,13,14). The quantitative estimate of drug-likeness (QED) is 0.809. The Morgan fingerprint density at radius 3 is 2.86 bits per heavy atom. The Bertz CT molecular complexity index is 323. The molecular formula is C9H10ClFN2O. The summed E-state index contributed by atoms with van der Waals surface area (Å²) in [5.41, 5.74) is 5.18. The van der Waals surface area contributed by atoms with Crippen LogP contribution in [0, 0.1) is 5.82 Å². The summed E-state index contributed by atoms with van der Waals surface area (Å²) >= 11 is 5.69. The van der Waals surface area contributed by atoms with Crippen LogP contribution < -0.4 is 11.1 Å². The molecule has 0 unspecified atom stereocenters. The lowest BCUT2D eigenvalue weighted by molar-refractivity contribution is -0.116. The number of para-hydroxylation sites is 1. The summed E-state index contributed by atoms with van der Waals surface area (Å²) in [6.45, 7) is 0.220. The van der Waals surface area contributed by atoms with Crippen molar-refractivity contribution in [2.75, 3.05) is 11.9 Å². The zero-order valence-corrected chi connectivity index (χ0v) is 8.14. The SMILES string of the molecule is NCCC(=O)Nc1c(F)cccc1Cl. The van der Waals surface area contributed by atoms with Crippen molar-refractivity contribution in [1.29, 1.82) is 0 Å². The molecule has 0 radical (unpaired) electrons. The molecule has 0 saturated heterocycles. The molecule has 0 saturated carbocycles. The van der Waals surface area contributed by atoms with Crippen molar-refractivity contribution in [1.82, 2.24) is 0 Å². The summed E-state index contributed by atoms with van der Waals surface area (Å²) in [4.78, 5) is 11.1. The topological polar surface area (TPSA) is 55.1 Å². The Hall–Kier alpha value is -1.13. The van der Waals surface area contributed by atoms with Gasteiger partial charge >= 0.3 is 0 Å². The van der Waals surface area contributed by atoms with Gasteiger partial charge in [-0.05, 0) is 12.1 Å². The lowest BCUT2D eigenvalue weighted by Gasteiger charge is -2.06. The number of carbonyl (C=O) groups excluding carboxylic acids is 1. The molecule has 0 fully saturated rings. The van der Waals surface area contributed by atoms with Gasteiger partial charge < -0.3 is 11.1 Å². The molecule has 0 heterocycles. The molecule has 14 heavy (non-hydrogen) atoms. The average molecular weight is 217 g/mol. The summed E-state index contributed by atoms with van der Waals surface area (Å²) in [6, 6.07) is 4.20. The summed E-state index contributed by atoms with van der Waals surface area (Å²) < 4.78 is 13.1. The molecule has 76 valence electrons. The molecule has 5 heteroatoms. The van der Waals surface area contributed by atoms with Crippen molar-refractivity contribution in [3.8, 4) is 0 Å². The number of rotatable bonds is 3. The molecule has 0 aliphatic heterocycles. The number of nitrogens with two attached hydrogens (primary N) is 1. The van der Waals surface area contributed by atoms with Gasteiger partial charge in [-0.2, -0.15) is 0 Å². The first-order valence-corrected chi connectivity index (χ1v) is 4.47. The third-order valence-corrected chi connectivity index (χ3v) is 1.91. The van der Waals surface area contributed by atoms with Crippen molar-refractivity contribution in [3.05, 3.63) is 29.0 Å². The van der Waals surface area contributed by atoms with E-state index in [1.54, 1.807) is 0 Å². The lowest BCUT2D eigenvalue weighted by atomic mass is 10.3. The summed E-state index contributed by atoms with van der Waals surface area (Å²) in [7, 11) is 0. The molecule has 0 aliphatic carbocycles. The number of hydrogen-bond donors (Lipinski definition) is 2. The van der Waals surface area contributed by atoms with Crippen LogP contribution >= 0.6 is 11.6 Å². The molecule has 0 aromatic heterocycles. The normalized spacial score (nSPS) is 9.93. The predicted octanol–water partition coefficient (Wildman–Crippen LogP) is 1.77. The minimum absolute atomic E-state index is 0.00705. The zero-order valence-electron chi connectivity index (χ0n) is 7.39. The number of carbonyl (C=O) groups is 1. The first-order valence-electron chi connectivity index (χ1n) is 4.09. The van der Waals surface area contributed by atoms with Crippen LogP contribution in [0.4, 0.5) is 10.1 Å². The monoisotopic (exact) mass is 216 g/mol. The Morgan fingerprint density at radius 2 is 2.29 bits per heavy atom. The van der Waals surface area contributed by atoms with Gasteiger partial charge in [0.2, 0.25) is 5.91 Å². The van der Waals surface area contributed by atoms with Crippen molar-refractivity contribution in [2.24, 2.45) is 5.73 Å². The number of halogens is 2. The fourth-order valence-electron chi connectivity index (χ4n) is 0.950. The van der Waals surface area contributed by atoms with Crippen LogP contribution in [-0.4, -0.2) is 12.5 Å². The maximum atomic E-state index is 13.1. The van der Waals surface area contributed by atoms with Gasteiger partial charge in [-0.25, -0.2) is 4.39 Å². The van der Waals surface area contributed by atoms with Gasteiger partial charge in [-0.3, -0.25) is 4.79 Å². The highest BCUT2D eigenvalue weighted by atomic mass is 35.5. The molecule has 3 N–H and O–H groups in total. The molecule has 1 rings (SSSR count). The Morgan fingerprint density at radius 1 is 1.57 bits per heavy atom. The first kappa shape index (κ1) is 10.9. The fraction of sp³-hybridized carbons (Fsp3) is 0.222.